The number of fused-ring (bicyclic) bond motifs is 1. The highest BCUT2D eigenvalue weighted by Crippen LogP contribution is 2.39. The van der Waals surface area contributed by atoms with Crippen LogP contribution in [0.4, 0.5) is 5.69 Å². The number of aromatic nitrogens is 1. The first-order valence-electron chi connectivity index (χ1n) is 11.8. The van der Waals surface area contributed by atoms with E-state index in [-0.39, 0.29) is 18.2 Å². The molecule has 0 unspecified atom stereocenters. The summed E-state index contributed by atoms with van der Waals surface area (Å²) in [5.74, 6) is 0.756. The van der Waals surface area contributed by atoms with Gasteiger partial charge in [-0.15, -0.1) is 10.2 Å². The number of benzene rings is 3. The van der Waals surface area contributed by atoms with Crippen molar-refractivity contribution < 1.29 is 19.4 Å². The van der Waals surface area contributed by atoms with Gasteiger partial charge in [0.2, 0.25) is 5.88 Å². The molecule has 0 saturated carbocycles. The molecule has 1 N–H and O–H groups in total. The first kappa shape index (κ1) is 24.0. The number of para-hydroxylation sites is 3. The highest BCUT2D eigenvalue weighted by molar-refractivity contribution is 5.95. The molecule has 0 aliphatic carbocycles. The number of hydrogen-bond acceptors (Lipinski definition) is 5. The minimum atomic E-state index is -0.545. The summed E-state index contributed by atoms with van der Waals surface area (Å²) in [5.41, 5.74) is 1.97. The molecular formula is C28H29N3O4. The second-order valence-corrected chi connectivity index (χ2v) is 8.13. The third kappa shape index (κ3) is 6.06. The summed E-state index contributed by atoms with van der Waals surface area (Å²) >= 11 is 0. The van der Waals surface area contributed by atoms with Crippen molar-refractivity contribution in [2.45, 2.75) is 32.7 Å². The lowest BCUT2D eigenvalue weighted by Gasteiger charge is -2.13. The maximum absolute atomic E-state index is 12.2. The van der Waals surface area contributed by atoms with Gasteiger partial charge in [-0.2, -0.15) is 0 Å². The monoisotopic (exact) mass is 471 g/mol. The van der Waals surface area contributed by atoms with Crippen molar-refractivity contribution in [1.82, 2.24) is 4.57 Å². The van der Waals surface area contributed by atoms with E-state index in [1.165, 1.54) is 0 Å². The van der Waals surface area contributed by atoms with Gasteiger partial charge in [0.15, 0.2) is 12.3 Å². The van der Waals surface area contributed by atoms with Crippen LogP contribution in [0.25, 0.3) is 10.9 Å². The van der Waals surface area contributed by atoms with Crippen LogP contribution >= 0.6 is 0 Å². The summed E-state index contributed by atoms with van der Waals surface area (Å²) in [6.07, 6.45) is 3.25. The van der Waals surface area contributed by atoms with Crippen LogP contribution in [-0.2, 0) is 11.3 Å². The number of amides is 1. The number of carbonyl (C=O) groups is 1. The Morgan fingerprint density at radius 2 is 1.66 bits per heavy atom. The molecule has 180 valence electrons. The lowest BCUT2D eigenvalue weighted by molar-refractivity contribution is -0.120. The predicted octanol–water partition coefficient (Wildman–Crippen LogP) is 6.65. The summed E-state index contributed by atoms with van der Waals surface area (Å²) < 4.78 is 13.2. The SMILES string of the molecule is CCCCCOc1ccccc1Cn1c(O)c(N=NC(=O)COc2ccccc2)c2ccccc21. The van der Waals surface area contributed by atoms with E-state index in [1.807, 2.05) is 66.7 Å². The Morgan fingerprint density at radius 1 is 0.914 bits per heavy atom. The Labute approximate surface area is 204 Å². The number of azo groups is 1. The Morgan fingerprint density at radius 3 is 2.49 bits per heavy atom. The molecule has 7 heteroatoms. The molecule has 3 aromatic carbocycles. The molecule has 35 heavy (non-hydrogen) atoms. The molecule has 7 nitrogen and oxygen atoms in total. The number of aromatic hydroxyl groups is 1. The Balaban J connectivity index is 1.55. The molecule has 0 aliphatic heterocycles. The second-order valence-electron chi connectivity index (χ2n) is 8.13. The number of rotatable bonds is 11. The maximum Gasteiger partial charge on any atom is 0.302 e. The van der Waals surface area contributed by atoms with Gasteiger partial charge in [-0.1, -0.05) is 74.4 Å². The van der Waals surface area contributed by atoms with Crippen LogP contribution in [0.15, 0.2) is 89.1 Å². The highest BCUT2D eigenvalue weighted by atomic mass is 16.5. The van der Waals surface area contributed by atoms with Crippen LogP contribution in [-0.4, -0.2) is 28.8 Å². The summed E-state index contributed by atoms with van der Waals surface area (Å²) in [6, 6.07) is 24.3. The minimum Gasteiger partial charge on any atom is -0.493 e. The van der Waals surface area contributed by atoms with E-state index in [4.69, 9.17) is 9.47 Å². The van der Waals surface area contributed by atoms with Gasteiger partial charge in [0.1, 0.15) is 11.5 Å². The van der Waals surface area contributed by atoms with Crippen LogP contribution < -0.4 is 9.47 Å². The lowest BCUT2D eigenvalue weighted by atomic mass is 10.2. The number of carbonyl (C=O) groups excluding carboxylic acids is 1. The van der Waals surface area contributed by atoms with Crippen LogP contribution in [0, 0.1) is 0 Å². The van der Waals surface area contributed by atoms with Gasteiger partial charge in [0, 0.05) is 10.9 Å². The zero-order valence-electron chi connectivity index (χ0n) is 19.8. The molecule has 1 aromatic heterocycles. The lowest BCUT2D eigenvalue weighted by Crippen LogP contribution is -2.07. The highest BCUT2D eigenvalue weighted by Gasteiger charge is 2.18. The fraction of sp³-hybridized carbons (Fsp3) is 0.250. The van der Waals surface area contributed by atoms with E-state index in [1.54, 1.807) is 16.7 Å². The average Bonchev–Trinajstić information content (AvgIpc) is 3.16. The van der Waals surface area contributed by atoms with Crippen molar-refractivity contribution in [3.8, 4) is 17.4 Å². The van der Waals surface area contributed by atoms with Gasteiger partial charge in [0.25, 0.3) is 0 Å². The van der Waals surface area contributed by atoms with Crippen LogP contribution in [0.1, 0.15) is 31.7 Å². The third-order valence-electron chi connectivity index (χ3n) is 5.59. The van der Waals surface area contributed by atoms with Gasteiger partial charge in [-0.05, 0) is 30.7 Å². The largest absolute Gasteiger partial charge is 0.493 e. The molecule has 0 atom stereocenters. The van der Waals surface area contributed by atoms with E-state index in [0.29, 0.717) is 24.3 Å². The molecule has 0 radical (unpaired) electrons. The zero-order chi connectivity index (χ0) is 24.5. The fourth-order valence-corrected chi connectivity index (χ4v) is 3.81. The predicted molar refractivity (Wildman–Crippen MR) is 136 cm³/mol. The Hall–Kier alpha value is -4.13. The Kier molecular flexibility index (Phi) is 8.12. The van der Waals surface area contributed by atoms with E-state index < -0.39 is 5.91 Å². The van der Waals surface area contributed by atoms with Gasteiger partial charge >= 0.3 is 5.91 Å². The average molecular weight is 472 g/mol. The molecule has 0 saturated heterocycles. The minimum absolute atomic E-state index is 0.0625. The standard InChI is InChI=1S/C28H29N3O4/c1-2-3-11-18-34-25-17-10-7-12-21(25)19-31-24-16-9-8-15-23(24)27(28(31)33)30-29-26(32)20-35-22-13-5-4-6-14-22/h4-10,12-17,33H,2-3,11,18-20H2,1H3. The molecule has 0 spiro atoms. The molecule has 1 amide bonds. The van der Waals surface area contributed by atoms with Crippen molar-refractivity contribution in [1.29, 1.82) is 0 Å². The number of unbranched alkanes of at least 4 members (excludes halogenated alkanes) is 2. The molecule has 0 bridgehead atoms. The number of nitrogens with zero attached hydrogens (tertiary/aromatic N) is 3. The number of hydrogen-bond donors (Lipinski definition) is 1. The van der Waals surface area contributed by atoms with E-state index in [2.05, 4.69) is 17.2 Å². The van der Waals surface area contributed by atoms with Crippen molar-refractivity contribution in [3.63, 3.8) is 0 Å². The van der Waals surface area contributed by atoms with Crippen molar-refractivity contribution >= 4 is 22.5 Å². The number of ether oxygens (including phenoxy) is 2. The van der Waals surface area contributed by atoms with Crippen molar-refractivity contribution in [3.05, 3.63) is 84.4 Å². The maximum atomic E-state index is 12.2. The summed E-state index contributed by atoms with van der Waals surface area (Å²) in [4.78, 5) is 12.2. The summed E-state index contributed by atoms with van der Waals surface area (Å²) in [7, 11) is 0. The smallest absolute Gasteiger partial charge is 0.302 e. The third-order valence-corrected chi connectivity index (χ3v) is 5.59. The van der Waals surface area contributed by atoms with Crippen LogP contribution in [0.5, 0.6) is 17.4 Å². The van der Waals surface area contributed by atoms with Gasteiger partial charge in [-0.25, -0.2) is 0 Å². The van der Waals surface area contributed by atoms with Crippen molar-refractivity contribution in [2.75, 3.05) is 13.2 Å². The van der Waals surface area contributed by atoms with Crippen LogP contribution in [0.2, 0.25) is 0 Å². The Bertz CT molecular complexity index is 1300. The molecule has 4 aromatic rings. The second kappa shape index (κ2) is 11.8. The molecular weight excluding hydrogens is 442 g/mol. The molecule has 1 heterocycles. The van der Waals surface area contributed by atoms with Gasteiger partial charge in [0.05, 0.1) is 18.7 Å². The normalized spacial score (nSPS) is 11.2. The van der Waals surface area contributed by atoms with E-state index in [0.717, 1.165) is 36.1 Å². The van der Waals surface area contributed by atoms with E-state index in [9.17, 15) is 9.90 Å². The topological polar surface area (TPSA) is 85.4 Å². The molecule has 0 aliphatic rings. The molecule has 4 rings (SSSR count). The van der Waals surface area contributed by atoms with Crippen molar-refractivity contribution in [2.24, 2.45) is 10.2 Å². The first-order chi connectivity index (χ1) is 17.2. The fourth-order valence-electron chi connectivity index (χ4n) is 3.81. The van der Waals surface area contributed by atoms with Crippen LogP contribution in [0.3, 0.4) is 0 Å². The van der Waals surface area contributed by atoms with E-state index >= 15 is 0 Å². The zero-order valence-corrected chi connectivity index (χ0v) is 19.8. The molecule has 0 fully saturated rings. The first-order valence-corrected chi connectivity index (χ1v) is 11.8. The quantitative estimate of drug-likeness (QED) is 0.196. The summed E-state index contributed by atoms with van der Waals surface area (Å²) in [6.45, 7) is 2.95. The van der Waals surface area contributed by atoms with Gasteiger partial charge < -0.3 is 19.1 Å². The summed E-state index contributed by atoms with van der Waals surface area (Å²) in [5, 5.41) is 19.6. The van der Waals surface area contributed by atoms with Gasteiger partial charge in [-0.3, -0.25) is 4.79 Å².